The number of anilines is 1. The van der Waals surface area contributed by atoms with Crippen molar-refractivity contribution in [3.05, 3.63) is 126 Å². The first-order chi connectivity index (χ1) is 16.4. The Kier molecular flexibility index (Phi) is 6.85. The lowest BCUT2D eigenvalue weighted by Gasteiger charge is -2.11. The van der Waals surface area contributed by atoms with Crippen LogP contribution in [0.25, 0.3) is 0 Å². The van der Waals surface area contributed by atoms with Crippen molar-refractivity contribution in [2.75, 3.05) is 5.32 Å². The SMILES string of the molecule is O=C(Nc1ccccc1C(=O)OCc1ccc(S(=O)(=O)c2ccccc2)cc1)c1ccccc1. The zero-order chi connectivity index (χ0) is 24.0. The van der Waals surface area contributed by atoms with Crippen LogP contribution in [0.4, 0.5) is 5.69 Å². The van der Waals surface area contributed by atoms with E-state index in [2.05, 4.69) is 5.32 Å². The lowest BCUT2D eigenvalue weighted by atomic mass is 10.1. The first kappa shape index (κ1) is 22.9. The predicted octanol–water partition coefficient (Wildman–Crippen LogP) is 5.13. The Balaban J connectivity index is 1.43. The molecule has 4 aromatic rings. The molecule has 170 valence electrons. The lowest BCUT2D eigenvalue weighted by Crippen LogP contribution is -2.15. The van der Waals surface area contributed by atoms with E-state index in [0.717, 1.165) is 0 Å². The first-order valence-electron chi connectivity index (χ1n) is 10.5. The van der Waals surface area contributed by atoms with Crippen LogP contribution in [-0.2, 0) is 21.2 Å². The van der Waals surface area contributed by atoms with Gasteiger partial charge in [-0.2, -0.15) is 0 Å². The minimum atomic E-state index is -3.62. The van der Waals surface area contributed by atoms with Crippen LogP contribution < -0.4 is 5.32 Å². The number of sulfone groups is 1. The molecule has 1 N–H and O–H groups in total. The average molecular weight is 472 g/mol. The van der Waals surface area contributed by atoms with Gasteiger partial charge in [0.05, 0.1) is 21.0 Å². The molecule has 4 rings (SSSR count). The van der Waals surface area contributed by atoms with Crippen molar-refractivity contribution in [2.45, 2.75) is 16.4 Å². The topological polar surface area (TPSA) is 89.5 Å². The summed E-state index contributed by atoms with van der Waals surface area (Å²) in [5.74, 6) is -0.944. The summed E-state index contributed by atoms with van der Waals surface area (Å²) >= 11 is 0. The van der Waals surface area contributed by atoms with E-state index in [1.807, 2.05) is 6.07 Å². The number of ether oxygens (including phenoxy) is 1. The summed E-state index contributed by atoms with van der Waals surface area (Å²) in [4.78, 5) is 25.5. The largest absolute Gasteiger partial charge is 0.457 e. The normalized spacial score (nSPS) is 10.9. The molecule has 0 heterocycles. The molecule has 0 aromatic heterocycles. The second-order valence-electron chi connectivity index (χ2n) is 7.40. The van der Waals surface area contributed by atoms with Crippen LogP contribution in [0.2, 0.25) is 0 Å². The Hall–Kier alpha value is -4.23. The van der Waals surface area contributed by atoms with E-state index < -0.39 is 15.8 Å². The fourth-order valence-corrected chi connectivity index (χ4v) is 4.56. The van der Waals surface area contributed by atoms with Crippen LogP contribution in [0.5, 0.6) is 0 Å². The maximum atomic E-state index is 12.7. The second-order valence-corrected chi connectivity index (χ2v) is 9.35. The van der Waals surface area contributed by atoms with Crippen molar-refractivity contribution < 1.29 is 22.7 Å². The van der Waals surface area contributed by atoms with Gasteiger partial charge in [-0.1, -0.05) is 60.7 Å². The van der Waals surface area contributed by atoms with E-state index in [9.17, 15) is 18.0 Å². The molecule has 0 aliphatic carbocycles. The van der Waals surface area contributed by atoms with E-state index >= 15 is 0 Å². The zero-order valence-corrected chi connectivity index (χ0v) is 18.9. The zero-order valence-electron chi connectivity index (χ0n) is 18.0. The Morgan fingerprint density at radius 1 is 0.676 bits per heavy atom. The van der Waals surface area contributed by atoms with Gasteiger partial charge in [0.2, 0.25) is 9.84 Å². The molecule has 6 nitrogen and oxygen atoms in total. The summed E-state index contributed by atoms with van der Waals surface area (Å²) in [7, 11) is -3.62. The monoisotopic (exact) mass is 471 g/mol. The summed E-state index contributed by atoms with van der Waals surface area (Å²) in [6, 6.07) is 29.6. The minimum absolute atomic E-state index is 0.0501. The highest BCUT2D eigenvalue weighted by Crippen LogP contribution is 2.22. The highest BCUT2D eigenvalue weighted by Gasteiger charge is 2.18. The van der Waals surface area contributed by atoms with Gasteiger partial charge in [-0.15, -0.1) is 0 Å². The molecule has 0 spiro atoms. The number of carbonyl (C=O) groups excluding carboxylic acids is 2. The van der Waals surface area contributed by atoms with Crippen molar-refractivity contribution in [2.24, 2.45) is 0 Å². The van der Waals surface area contributed by atoms with Crippen LogP contribution in [-0.4, -0.2) is 20.3 Å². The van der Waals surface area contributed by atoms with Gasteiger partial charge in [0, 0.05) is 5.56 Å². The van der Waals surface area contributed by atoms with Gasteiger partial charge >= 0.3 is 5.97 Å². The van der Waals surface area contributed by atoms with Crippen LogP contribution in [0.15, 0.2) is 119 Å². The molecule has 0 aliphatic heterocycles. The molecule has 0 atom stereocenters. The van der Waals surface area contributed by atoms with Crippen LogP contribution in [0.3, 0.4) is 0 Å². The summed E-state index contributed by atoms with van der Waals surface area (Å²) in [5.41, 5.74) is 1.66. The van der Waals surface area contributed by atoms with E-state index in [1.165, 1.54) is 12.1 Å². The number of esters is 1. The van der Waals surface area contributed by atoms with Gasteiger partial charge in [-0.3, -0.25) is 4.79 Å². The predicted molar refractivity (Wildman–Crippen MR) is 128 cm³/mol. The van der Waals surface area contributed by atoms with Gasteiger partial charge in [0.1, 0.15) is 6.61 Å². The van der Waals surface area contributed by atoms with Crippen molar-refractivity contribution in [1.82, 2.24) is 0 Å². The number of benzene rings is 4. The lowest BCUT2D eigenvalue weighted by molar-refractivity contribution is 0.0474. The molecule has 0 bridgehead atoms. The van der Waals surface area contributed by atoms with Crippen LogP contribution >= 0.6 is 0 Å². The van der Waals surface area contributed by atoms with E-state index in [-0.39, 0.29) is 27.9 Å². The van der Waals surface area contributed by atoms with Gasteiger partial charge in [0.15, 0.2) is 0 Å². The molecule has 0 aliphatic rings. The van der Waals surface area contributed by atoms with E-state index in [4.69, 9.17) is 4.74 Å². The third-order valence-electron chi connectivity index (χ3n) is 5.09. The standard InChI is InChI=1S/C27H21NO5S/c29-26(21-9-3-1-4-10-21)28-25-14-8-7-13-24(25)27(30)33-19-20-15-17-23(18-16-20)34(31,32)22-11-5-2-6-12-22/h1-18H,19H2,(H,28,29). The van der Waals surface area contributed by atoms with Crippen molar-refractivity contribution in [3.8, 4) is 0 Å². The number of amides is 1. The number of para-hydroxylation sites is 1. The van der Waals surface area contributed by atoms with E-state index in [1.54, 1.807) is 91.0 Å². The summed E-state index contributed by atoms with van der Waals surface area (Å²) in [5, 5.41) is 2.74. The fraction of sp³-hybridized carbons (Fsp3) is 0.0370. The fourth-order valence-electron chi connectivity index (χ4n) is 3.28. The molecule has 1 amide bonds. The Morgan fingerprint density at radius 3 is 1.91 bits per heavy atom. The smallest absolute Gasteiger partial charge is 0.340 e. The van der Waals surface area contributed by atoms with Gasteiger partial charge in [0.25, 0.3) is 5.91 Å². The van der Waals surface area contributed by atoms with Crippen molar-refractivity contribution >= 4 is 27.4 Å². The molecule has 0 saturated carbocycles. The molecular formula is C27H21NO5S. The van der Waals surface area contributed by atoms with Gasteiger partial charge < -0.3 is 10.1 Å². The van der Waals surface area contributed by atoms with Gasteiger partial charge in [-0.05, 0) is 54.1 Å². The summed E-state index contributed by atoms with van der Waals surface area (Å²) in [6.45, 7) is -0.0501. The number of nitrogens with one attached hydrogen (secondary N) is 1. The molecule has 7 heteroatoms. The molecule has 4 aromatic carbocycles. The maximum Gasteiger partial charge on any atom is 0.340 e. The number of carbonyl (C=O) groups is 2. The van der Waals surface area contributed by atoms with E-state index in [0.29, 0.717) is 16.8 Å². The van der Waals surface area contributed by atoms with Crippen LogP contribution in [0.1, 0.15) is 26.3 Å². The van der Waals surface area contributed by atoms with Crippen LogP contribution in [0, 0.1) is 0 Å². The molecule has 0 saturated heterocycles. The molecular weight excluding hydrogens is 450 g/mol. The Morgan fingerprint density at radius 2 is 1.24 bits per heavy atom. The molecule has 0 radical (unpaired) electrons. The van der Waals surface area contributed by atoms with Crippen molar-refractivity contribution in [3.63, 3.8) is 0 Å². The highest BCUT2D eigenvalue weighted by molar-refractivity contribution is 7.91. The minimum Gasteiger partial charge on any atom is -0.457 e. The second kappa shape index (κ2) is 10.1. The average Bonchev–Trinajstić information content (AvgIpc) is 2.89. The summed E-state index contributed by atoms with van der Waals surface area (Å²) < 4.78 is 30.8. The number of rotatable bonds is 7. The molecule has 0 unspecified atom stereocenters. The number of hydrogen-bond acceptors (Lipinski definition) is 5. The summed E-state index contributed by atoms with van der Waals surface area (Å²) in [6.07, 6.45) is 0. The molecule has 34 heavy (non-hydrogen) atoms. The third kappa shape index (κ3) is 5.22. The Labute approximate surface area is 197 Å². The Bertz CT molecular complexity index is 1400. The maximum absolute atomic E-state index is 12.7. The molecule has 0 fully saturated rings. The number of hydrogen-bond donors (Lipinski definition) is 1. The first-order valence-corrected chi connectivity index (χ1v) is 11.9. The highest BCUT2D eigenvalue weighted by atomic mass is 32.2. The quantitative estimate of drug-likeness (QED) is 0.378. The van der Waals surface area contributed by atoms with Gasteiger partial charge in [-0.25, -0.2) is 13.2 Å². The third-order valence-corrected chi connectivity index (χ3v) is 6.87. The van der Waals surface area contributed by atoms with Crippen molar-refractivity contribution in [1.29, 1.82) is 0 Å².